The Morgan fingerprint density at radius 1 is 1.33 bits per heavy atom. The Hall–Kier alpha value is -2.81. The molecule has 1 saturated carbocycles. The van der Waals surface area contributed by atoms with Crippen molar-refractivity contribution in [1.82, 2.24) is 4.90 Å². The Bertz CT molecular complexity index is 938. The summed E-state index contributed by atoms with van der Waals surface area (Å²) in [6, 6.07) is 10.6. The van der Waals surface area contributed by atoms with Crippen LogP contribution in [0.25, 0.3) is 0 Å². The van der Waals surface area contributed by atoms with Gasteiger partial charge in [0, 0.05) is 34.3 Å². The van der Waals surface area contributed by atoms with Crippen LogP contribution in [-0.4, -0.2) is 17.8 Å². The monoisotopic (exact) mass is 399 g/mol. The third-order valence-corrected chi connectivity index (χ3v) is 7.18. The van der Waals surface area contributed by atoms with Crippen molar-refractivity contribution in [1.29, 1.82) is 0 Å². The quantitative estimate of drug-likeness (QED) is 0.377. The summed E-state index contributed by atoms with van der Waals surface area (Å²) in [4.78, 5) is 9.05. The van der Waals surface area contributed by atoms with Crippen LogP contribution in [0.1, 0.15) is 40.0 Å². The van der Waals surface area contributed by atoms with Gasteiger partial charge < -0.3 is 9.80 Å². The Labute approximate surface area is 181 Å². The van der Waals surface area contributed by atoms with Gasteiger partial charge in [-0.3, -0.25) is 0 Å². The first-order chi connectivity index (χ1) is 14.5. The molecule has 3 aliphatic rings. The highest BCUT2D eigenvalue weighted by Gasteiger charge is 2.75. The van der Waals surface area contributed by atoms with E-state index in [2.05, 4.69) is 122 Å². The first kappa shape index (κ1) is 20.5. The SMILES string of the molecule is C=NC(=C)N1C2=CC=CCC2C2(C=CCC)CC2(C)C1N(/C=C\C)c1ccccc1. The lowest BCUT2D eigenvalue weighted by atomic mass is 9.71. The van der Waals surface area contributed by atoms with E-state index >= 15 is 0 Å². The number of nitrogens with zero attached hydrogens (tertiary/aromatic N) is 3. The van der Waals surface area contributed by atoms with Crippen LogP contribution in [0, 0.1) is 16.7 Å². The fourth-order valence-corrected chi connectivity index (χ4v) is 5.74. The number of para-hydroxylation sites is 1. The van der Waals surface area contributed by atoms with Crippen molar-refractivity contribution in [3.8, 4) is 0 Å². The summed E-state index contributed by atoms with van der Waals surface area (Å²) in [5, 5.41) is 0. The minimum Gasteiger partial charge on any atom is -0.326 e. The number of anilines is 1. The molecule has 3 nitrogen and oxygen atoms in total. The lowest BCUT2D eigenvalue weighted by molar-refractivity contribution is 0.104. The van der Waals surface area contributed by atoms with Gasteiger partial charge in [0.05, 0.1) is 0 Å². The lowest BCUT2D eigenvalue weighted by Gasteiger charge is -2.53. The van der Waals surface area contributed by atoms with E-state index in [-0.39, 0.29) is 17.0 Å². The van der Waals surface area contributed by atoms with Crippen molar-refractivity contribution < 1.29 is 0 Å². The summed E-state index contributed by atoms with van der Waals surface area (Å²) in [5.41, 5.74) is 2.70. The number of hydrogen-bond acceptors (Lipinski definition) is 3. The van der Waals surface area contributed by atoms with Gasteiger partial charge in [-0.15, -0.1) is 0 Å². The zero-order valence-corrected chi connectivity index (χ0v) is 18.5. The highest BCUT2D eigenvalue weighted by Crippen LogP contribution is 2.77. The third-order valence-electron chi connectivity index (χ3n) is 7.18. The number of rotatable bonds is 7. The fraction of sp³-hybridized carbons (Fsp3) is 0.370. The molecule has 30 heavy (non-hydrogen) atoms. The molecule has 0 bridgehead atoms. The van der Waals surface area contributed by atoms with Crippen LogP contribution >= 0.6 is 0 Å². The zero-order chi connectivity index (χ0) is 21.4. The molecule has 3 heteroatoms. The second-order valence-corrected chi connectivity index (χ2v) is 8.80. The molecule has 156 valence electrons. The van der Waals surface area contributed by atoms with Crippen LogP contribution in [0.4, 0.5) is 5.69 Å². The molecular formula is C27H33N3. The van der Waals surface area contributed by atoms with Gasteiger partial charge in [0.25, 0.3) is 0 Å². The minimum absolute atomic E-state index is 0.0643. The largest absolute Gasteiger partial charge is 0.326 e. The molecule has 2 aliphatic carbocycles. The lowest BCUT2D eigenvalue weighted by Crippen LogP contribution is -2.57. The van der Waals surface area contributed by atoms with Crippen molar-refractivity contribution in [2.75, 3.05) is 4.90 Å². The van der Waals surface area contributed by atoms with E-state index in [0.717, 1.165) is 25.1 Å². The molecule has 0 N–H and O–H groups in total. The number of likely N-dealkylation sites (tertiary alicyclic amines) is 1. The highest BCUT2D eigenvalue weighted by atomic mass is 15.4. The van der Waals surface area contributed by atoms with Gasteiger partial charge in [-0.1, -0.05) is 69.0 Å². The Morgan fingerprint density at radius 2 is 2.10 bits per heavy atom. The maximum absolute atomic E-state index is 4.31. The number of aliphatic imine (C=N–C) groups is 1. The molecule has 1 heterocycles. The van der Waals surface area contributed by atoms with Crippen LogP contribution in [0.15, 0.2) is 96.1 Å². The summed E-state index contributed by atoms with van der Waals surface area (Å²) in [6.45, 7) is 14.9. The molecular weight excluding hydrogens is 366 g/mol. The fourth-order valence-electron chi connectivity index (χ4n) is 5.74. The number of fused-ring (bicyclic) bond motifs is 3. The number of allylic oxidation sites excluding steroid dienone is 7. The van der Waals surface area contributed by atoms with Crippen LogP contribution < -0.4 is 4.90 Å². The maximum atomic E-state index is 4.31. The standard InChI is InChI=1S/C27H33N3/c1-6-8-18-27-20-26(27,4)25(29(19-7-2)22-14-10-9-11-15-22)30(21(3)28-5)24-17-13-12-16-23(24)27/h7-15,17-19,23,25H,3,5-6,16,20H2,1-2,4H3/b18-8?,19-7-. The van der Waals surface area contributed by atoms with E-state index in [9.17, 15) is 0 Å². The zero-order valence-electron chi connectivity index (χ0n) is 18.5. The third kappa shape index (κ3) is 2.91. The molecule has 2 fully saturated rings. The van der Waals surface area contributed by atoms with E-state index in [4.69, 9.17) is 0 Å². The van der Waals surface area contributed by atoms with Gasteiger partial charge in [0.15, 0.2) is 0 Å². The van der Waals surface area contributed by atoms with Crippen LogP contribution in [0.2, 0.25) is 0 Å². The predicted molar refractivity (Wildman–Crippen MR) is 128 cm³/mol. The van der Waals surface area contributed by atoms with Crippen LogP contribution in [0.5, 0.6) is 0 Å². The van der Waals surface area contributed by atoms with Gasteiger partial charge in [-0.2, -0.15) is 0 Å². The van der Waals surface area contributed by atoms with E-state index in [1.54, 1.807) is 0 Å². The van der Waals surface area contributed by atoms with Gasteiger partial charge in [0.1, 0.15) is 12.0 Å². The second kappa shape index (κ2) is 7.79. The first-order valence-electron chi connectivity index (χ1n) is 11.0. The Morgan fingerprint density at radius 3 is 2.77 bits per heavy atom. The summed E-state index contributed by atoms with van der Waals surface area (Å²) < 4.78 is 0. The molecule has 0 amide bonds. The highest BCUT2D eigenvalue weighted by molar-refractivity contribution is 5.55. The molecule has 4 unspecified atom stereocenters. The van der Waals surface area contributed by atoms with Crippen LogP contribution in [-0.2, 0) is 0 Å². The van der Waals surface area contributed by atoms with Crippen molar-refractivity contribution in [3.63, 3.8) is 0 Å². The van der Waals surface area contributed by atoms with E-state index in [0.29, 0.717) is 5.92 Å². The van der Waals surface area contributed by atoms with Gasteiger partial charge in [0.2, 0.25) is 0 Å². The average molecular weight is 400 g/mol. The molecule has 0 radical (unpaired) electrons. The summed E-state index contributed by atoms with van der Waals surface area (Å²) in [6.07, 6.45) is 19.3. The topological polar surface area (TPSA) is 18.8 Å². The first-order valence-corrected chi connectivity index (χ1v) is 11.0. The van der Waals surface area contributed by atoms with Crippen molar-refractivity contribution in [2.24, 2.45) is 21.7 Å². The van der Waals surface area contributed by atoms with E-state index < -0.39 is 0 Å². The van der Waals surface area contributed by atoms with E-state index in [1.165, 1.54) is 11.4 Å². The summed E-state index contributed by atoms with van der Waals surface area (Å²) >= 11 is 0. The molecule has 0 spiro atoms. The summed E-state index contributed by atoms with van der Waals surface area (Å²) in [5.74, 6) is 1.16. The number of piperidine rings is 1. The molecule has 4 rings (SSSR count). The molecule has 1 aliphatic heterocycles. The molecule has 4 atom stereocenters. The smallest absolute Gasteiger partial charge is 0.126 e. The molecule has 0 aromatic heterocycles. The Kier molecular flexibility index (Phi) is 5.31. The van der Waals surface area contributed by atoms with Crippen molar-refractivity contribution in [3.05, 3.63) is 91.1 Å². The molecule has 1 aromatic carbocycles. The predicted octanol–water partition coefficient (Wildman–Crippen LogP) is 6.66. The number of hydrogen-bond donors (Lipinski definition) is 0. The molecule has 1 saturated heterocycles. The van der Waals surface area contributed by atoms with Gasteiger partial charge in [-0.25, -0.2) is 4.99 Å². The normalized spacial score (nSPS) is 32.0. The van der Waals surface area contributed by atoms with Crippen LogP contribution in [0.3, 0.4) is 0 Å². The van der Waals surface area contributed by atoms with E-state index in [1.807, 2.05) is 0 Å². The summed E-state index contributed by atoms with van der Waals surface area (Å²) in [7, 11) is 0. The van der Waals surface area contributed by atoms with Crippen molar-refractivity contribution in [2.45, 2.75) is 46.2 Å². The maximum Gasteiger partial charge on any atom is 0.126 e. The molecule has 1 aromatic rings. The second-order valence-electron chi connectivity index (χ2n) is 8.80. The Balaban J connectivity index is 1.92. The van der Waals surface area contributed by atoms with Crippen molar-refractivity contribution >= 4 is 12.4 Å². The van der Waals surface area contributed by atoms with Gasteiger partial charge >= 0.3 is 0 Å². The minimum atomic E-state index is 0.0643. The van der Waals surface area contributed by atoms with Gasteiger partial charge in [-0.05, 0) is 51.1 Å². The average Bonchev–Trinajstić information content (AvgIpc) is 3.42. The number of benzene rings is 1.